The number of carbonyl (C=O) groups excluding carboxylic acids is 1. The minimum absolute atomic E-state index is 0.0227. The van der Waals surface area contributed by atoms with E-state index in [0.717, 1.165) is 15.8 Å². The SMILES string of the molecule is Nc1ccc(NC(=O)COc2csc3ccccc23)cc1. The first-order valence-corrected chi connectivity index (χ1v) is 7.35. The summed E-state index contributed by atoms with van der Waals surface area (Å²) in [6, 6.07) is 14.9. The fourth-order valence-corrected chi connectivity index (χ4v) is 2.85. The van der Waals surface area contributed by atoms with Crippen molar-refractivity contribution in [3.63, 3.8) is 0 Å². The Morgan fingerprint density at radius 3 is 2.71 bits per heavy atom. The lowest BCUT2D eigenvalue weighted by atomic mass is 10.2. The van der Waals surface area contributed by atoms with Gasteiger partial charge in [0.05, 0.1) is 0 Å². The number of benzene rings is 2. The van der Waals surface area contributed by atoms with Crippen LogP contribution in [0.3, 0.4) is 0 Å². The predicted molar refractivity (Wildman–Crippen MR) is 86.8 cm³/mol. The molecule has 2 aromatic carbocycles. The van der Waals surface area contributed by atoms with E-state index in [9.17, 15) is 4.79 Å². The van der Waals surface area contributed by atoms with Crippen LogP contribution in [-0.4, -0.2) is 12.5 Å². The number of carbonyl (C=O) groups is 1. The summed E-state index contributed by atoms with van der Waals surface area (Å²) in [6.45, 7) is -0.0227. The maximum Gasteiger partial charge on any atom is 0.262 e. The van der Waals surface area contributed by atoms with Crippen molar-refractivity contribution in [1.29, 1.82) is 0 Å². The third-order valence-electron chi connectivity index (χ3n) is 3.00. The Kier molecular flexibility index (Phi) is 3.75. The average Bonchev–Trinajstić information content (AvgIpc) is 2.91. The van der Waals surface area contributed by atoms with Crippen LogP contribution in [0.1, 0.15) is 0 Å². The fourth-order valence-electron chi connectivity index (χ4n) is 1.97. The summed E-state index contributed by atoms with van der Waals surface area (Å²) >= 11 is 1.60. The van der Waals surface area contributed by atoms with Crippen LogP contribution in [0, 0.1) is 0 Å². The van der Waals surface area contributed by atoms with Gasteiger partial charge in [0.1, 0.15) is 5.75 Å². The minimum atomic E-state index is -0.199. The number of fused-ring (bicyclic) bond motifs is 1. The van der Waals surface area contributed by atoms with Crippen LogP contribution in [0.4, 0.5) is 11.4 Å². The molecule has 0 saturated carbocycles. The third kappa shape index (κ3) is 3.14. The summed E-state index contributed by atoms with van der Waals surface area (Å²) < 4.78 is 6.74. The largest absolute Gasteiger partial charge is 0.482 e. The molecule has 4 nitrogen and oxygen atoms in total. The molecule has 1 aromatic heterocycles. The highest BCUT2D eigenvalue weighted by atomic mass is 32.1. The molecule has 3 N–H and O–H groups in total. The number of hydrogen-bond donors (Lipinski definition) is 2. The van der Waals surface area contributed by atoms with Crippen molar-refractivity contribution < 1.29 is 9.53 Å². The van der Waals surface area contributed by atoms with Gasteiger partial charge >= 0.3 is 0 Å². The number of thiophene rings is 1. The Morgan fingerprint density at radius 2 is 1.90 bits per heavy atom. The highest BCUT2D eigenvalue weighted by Gasteiger charge is 2.07. The van der Waals surface area contributed by atoms with Gasteiger partial charge in [-0.15, -0.1) is 11.3 Å². The van der Waals surface area contributed by atoms with Crippen molar-refractivity contribution in [2.45, 2.75) is 0 Å². The first kappa shape index (κ1) is 13.5. The summed E-state index contributed by atoms with van der Waals surface area (Å²) in [6.07, 6.45) is 0. The minimum Gasteiger partial charge on any atom is -0.482 e. The highest BCUT2D eigenvalue weighted by Crippen LogP contribution is 2.31. The van der Waals surface area contributed by atoms with Gasteiger partial charge in [0.2, 0.25) is 0 Å². The first-order valence-electron chi connectivity index (χ1n) is 6.47. The third-order valence-corrected chi connectivity index (χ3v) is 3.94. The number of hydrogen-bond acceptors (Lipinski definition) is 4. The molecule has 1 heterocycles. The van der Waals surface area contributed by atoms with Crippen molar-refractivity contribution >= 4 is 38.7 Å². The molecule has 0 atom stereocenters. The molecule has 0 spiro atoms. The van der Waals surface area contributed by atoms with Crippen molar-refractivity contribution in [1.82, 2.24) is 0 Å². The number of nitrogen functional groups attached to an aromatic ring is 1. The Balaban J connectivity index is 1.62. The second-order valence-electron chi connectivity index (χ2n) is 4.55. The van der Waals surface area contributed by atoms with Crippen LogP contribution in [0.5, 0.6) is 5.75 Å². The van der Waals surface area contributed by atoms with Crippen LogP contribution >= 0.6 is 11.3 Å². The van der Waals surface area contributed by atoms with E-state index in [1.165, 1.54) is 0 Å². The molecule has 0 unspecified atom stereocenters. The molecule has 0 saturated heterocycles. The van der Waals surface area contributed by atoms with Gasteiger partial charge in [0.15, 0.2) is 6.61 Å². The van der Waals surface area contributed by atoms with Gasteiger partial charge in [-0.2, -0.15) is 0 Å². The molecule has 0 aliphatic carbocycles. The van der Waals surface area contributed by atoms with Gasteiger partial charge in [-0.25, -0.2) is 0 Å². The quantitative estimate of drug-likeness (QED) is 0.725. The number of anilines is 2. The van der Waals surface area contributed by atoms with E-state index in [2.05, 4.69) is 5.32 Å². The zero-order chi connectivity index (χ0) is 14.7. The van der Waals surface area contributed by atoms with E-state index >= 15 is 0 Å². The van der Waals surface area contributed by atoms with Crippen LogP contribution in [0.2, 0.25) is 0 Å². The Morgan fingerprint density at radius 1 is 1.14 bits per heavy atom. The van der Waals surface area contributed by atoms with Gasteiger partial charge < -0.3 is 15.8 Å². The van der Waals surface area contributed by atoms with Crippen LogP contribution in [0.15, 0.2) is 53.9 Å². The second-order valence-corrected chi connectivity index (χ2v) is 5.47. The van der Waals surface area contributed by atoms with Crippen LogP contribution in [0.25, 0.3) is 10.1 Å². The second kappa shape index (κ2) is 5.85. The Labute approximate surface area is 126 Å². The molecule has 3 rings (SSSR count). The topological polar surface area (TPSA) is 64.3 Å². The molecule has 0 aliphatic heterocycles. The number of nitrogens with one attached hydrogen (secondary N) is 1. The molecule has 0 fully saturated rings. The molecule has 5 heteroatoms. The standard InChI is InChI=1S/C16H14N2O2S/c17-11-5-7-12(8-6-11)18-16(19)9-20-14-10-21-15-4-2-1-3-13(14)15/h1-8,10H,9,17H2,(H,18,19). The molecular weight excluding hydrogens is 284 g/mol. The summed E-state index contributed by atoms with van der Waals surface area (Å²) in [4.78, 5) is 11.9. The zero-order valence-electron chi connectivity index (χ0n) is 11.2. The van der Waals surface area contributed by atoms with Crippen molar-refractivity contribution in [2.24, 2.45) is 0 Å². The first-order chi connectivity index (χ1) is 10.2. The fraction of sp³-hybridized carbons (Fsp3) is 0.0625. The smallest absolute Gasteiger partial charge is 0.262 e. The number of nitrogens with two attached hydrogens (primary N) is 1. The van der Waals surface area contributed by atoms with E-state index in [1.54, 1.807) is 35.6 Å². The van der Waals surface area contributed by atoms with E-state index < -0.39 is 0 Å². The van der Waals surface area contributed by atoms with E-state index in [1.807, 2.05) is 29.6 Å². The summed E-state index contributed by atoms with van der Waals surface area (Å²) in [5.41, 5.74) is 6.96. The van der Waals surface area contributed by atoms with Crippen LogP contribution in [-0.2, 0) is 4.79 Å². The average molecular weight is 298 g/mol. The van der Waals surface area contributed by atoms with Gasteiger partial charge in [0.25, 0.3) is 5.91 Å². The molecule has 0 bridgehead atoms. The molecular formula is C16H14N2O2S. The van der Waals surface area contributed by atoms with Gasteiger partial charge in [-0.05, 0) is 36.4 Å². The van der Waals surface area contributed by atoms with Gasteiger partial charge in [-0.1, -0.05) is 12.1 Å². The lowest BCUT2D eigenvalue weighted by molar-refractivity contribution is -0.118. The van der Waals surface area contributed by atoms with Crippen molar-refractivity contribution in [2.75, 3.05) is 17.7 Å². The predicted octanol–water partition coefficient (Wildman–Crippen LogP) is 3.50. The molecule has 0 radical (unpaired) electrons. The molecule has 1 amide bonds. The van der Waals surface area contributed by atoms with E-state index in [-0.39, 0.29) is 12.5 Å². The van der Waals surface area contributed by atoms with Crippen LogP contribution < -0.4 is 15.8 Å². The lowest BCUT2D eigenvalue weighted by Gasteiger charge is -2.07. The molecule has 0 aliphatic rings. The maximum atomic E-state index is 11.9. The highest BCUT2D eigenvalue weighted by molar-refractivity contribution is 7.17. The van der Waals surface area contributed by atoms with Crippen molar-refractivity contribution in [3.05, 3.63) is 53.9 Å². The molecule has 106 valence electrons. The van der Waals surface area contributed by atoms with Gasteiger partial charge in [-0.3, -0.25) is 4.79 Å². The summed E-state index contributed by atoms with van der Waals surface area (Å²) in [5, 5.41) is 5.71. The zero-order valence-corrected chi connectivity index (χ0v) is 12.0. The van der Waals surface area contributed by atoms with E-state index in [4.69, 9.17) is 10.5 Å². The van der Waals surface area contributed by atoms with Gasteiger partial charge in [0, 0.05) is 26.8 Å². The number of rotatable bonds is 4. The number of amides is 1. The van der Waals surface area contributed by atoms with Crippen molar-refractivity contribution in [3.8, 4) is 5.75 Å². The summed E-state index contributed by atoms with van der Waals surface area (Å²) in [5.74, 6) is 0.540. The van der Waals surface area contributed by atoms with E-state index in [0.29, 0.717) is 11.4 Å². The lowest BCUT2D eigenvalue weighted by Crippen LogP contribution is -2.20. The Hall–Kier alpha value is -2.53. The normalized spacial score (nSPS) is 10.5. The number of ether oxygens (including phenoxy) is 1. The summed E-state index contributed by atoms with van der Waals surface area (Å²) in [7, 11) is 0. The monoisotopic (exact) mass is 298 g/mol. The Bertz CT molecular complexity index is 765. The molecule has 3 aromatic rings. The molecule has 21 heavy (non-hydrogen) atoms. The maximum absolute atomic E-state index is 11.9.